The molecule has 0 aromatic heterocycles. The Hall–Kier alpha value is -2.91. The molecule has 8 nitrogen and oxygen atoms in total. The molecule has 29 heavy (non-hydrogen) atoms. The monoisotopic (exact) mass is 419 g/mol. The second kappa shape index (κ2) is 9.06. The van der Waals surface area contributed by atoms with Gasteiger partial charge in [-0.3, -0.25) is 4.79 Å². The molecule has 9 heteroatoms. The van der Waals surface area contributed by atoms with Crippen molar-refractivity contribution in [1.82, 2.24) is 4.31 Å². The summed E-state index contributed by atoms with van der Waals surface area (Å²) in [5, 5.41) is 5.80. The summed E-state index contributed by atoms with van der Waals surface area (Å²) in [5.74, 6) is -0.769. The van der Waals surface area contributed by atoms with Crippen molar-refractivity contribution in [2.24, 2.45) is 0 Å². The number of rotatable bonds is 7. The third-order valence-corrected chi connectivity index (χ3v) is 6.14. The topological polar surface area (TPSA) is 105 Å². The lowest BCUT2D eigenvalue weighted by Gasteiger charge is -2.18. The molecule has 0 unspecified atom stereocenters. The van der Waals surface area contributed by atoms with Gasteiger partial charge in [0.05, 0.1) is 17.6 Å². The van der Waals surface area contributed by atoms with E-state index in [1.807, 2.05) is 0 Å². The van der Waals surface area contributed by atoms with Crippen molar-refractivity contribution in [2.45, 2.75) is 24.8 Å². The van der Waals surface area contributed by atoms with Crippen molar-refractivity contribution >= 4 is 33.3 Å². The van der Waals surface area contributed by atoms with E-state index in [0.717, 1.165) is 9.87 Å². The van der Waals surface area contributed by atoms with E-state index in [0.29, 0.717) is 16.9 Å². The Labute approximate surface area is 170 Å². The van der Waals surface area contributed by atoms with E-state index < -0.39 is 22.0 Å². The number of carbonyl (C=O) groups excluding carboxylic acids is 2. The molecule has 2 rings (SSSR count). The molecule has 0 aliphatic rings. The van der Waals surface area contributed by atoms with Crippen LogP contribution in [-0.2, 0) is 19.6 Å². The van der Waals surface area contributed by atoms with Crippen molar-refractivity contribution in [3.05, 3.63) is 53.6 Å². The number of methoxy groups -OCH3 is 1. The molecule has 0 radical (unpaired) electrons. The van der Waals surface area contributed by atoms with Crippen LogP contribution in [0.4, 0.5) is 11.4 Å². The molecule has 0 fully saturated rings. The Morgan fingerprint density at radius 2 is 1.69 bits per heavy atom. The minimum absolute atomic E-state index is 0.0995. The van der Waals surface area contributed by atoms with Crippen molar-refractivity contribution in [2.75, 3.05) is 31.8 Å². The maximum absolute atomic E-state index is 12.6. The predicted octanol–water partition coefficient (Wildman–Crippen LogP) is 2.47. The Kier molecular flexibility index (Phi) is 6.99. The molecule has 2 N–H and O–H groups in total. The lowest BCUT2D eigenvalue weighted by Crippen LogP contribution is -2.32. The molecule has 2 aromatic rings. The number of nitrogens with zero attached hydrogens (tertiary/aromatic N) is 1. The fraction of sp³-hybridized carbons (Fsp3) is 0.300. The van der Waals surface area contributed by atoms with E-state index in [4.69, 9.17) is 0 Å². The molecule has 156 valence electrons. The van der Waals surface area contributed by atoms with Gasteiger partial charge < -0.3 is 15.4 Å². The van der Waals surface area contributed by atoms with Crippen molar-refractivity contribution in [3.8, 4) is 0 Å². The average Bonchev–Trinajstić information content (AvgIpc) is 2.69. The predicted molar refractivity (Wildman–Crippen MR) is 112 cm³/mol. The van der Waals surface area contributed by atoms with Gasteiger partial charge in [-0.25, -0.2) is 17.5 Å². The number of nitrogens with one attached hydrogen (secondary N) is 2. The fourth-order valence-corrected chi connectivity index (χ4v) is 3.41. The average molecular weight is 420 g/mol. The zero-order valence-corrected chi connectivity index (χ0v) is 17.8. The lowest BCUT2D eigenvalue weighted by molar-refractivity contribution is -0.116. The van der Waals surface area contributed by atoms with Crippen LogP contribution in [0.25, 0.3) is 0 Å². The largest absolute Gasteiger partial charge is 0.465 e. The molecule has 0 aliphatic heterocycles. The summed E-state index contributed by atoms with van der Waals surface area (Å²) < 4.78 is 30.4. The standard InChI is InChI=1S/C20H25N3O5S/c1-13-6-11-17(29(26,27)23(3)4)12-18(13)22-19(24)14(2)21-16-9-7-15(8-10-16)20(25)28-5/h6-12,14,21H,1-5H3,(H,22,24)/t14-/m1/s1. The van der Waals surface area contributed by atoms with Gasteiger partial charge in [-0.2, -0.15) is 0 Å². The Morgan fingerprint density at radius 1 is 1.07 bits per heavy atom. The molecule has 2 aromatic carbocycles. The van der Waals surface area contributed by atoms with E-state index in [1.165, 1.54) is 33.3 Å². The normalized spacial score (nSPS) is 12.3. The molecule has 0 heterocycles. The number of ether oxygens (including phenoxy) is 1. The van der Waals surface area contributed by atoms with Crippen molar-refractivity contribution in [1.29, 1.82) is 0 Å². The summed E-state index contributed by atoms with van der Waals surface area (Å²) in [4.78, 5) is 24.2. The lowest BCUT2D eigenvalue weighted by atomic mass is 10.1. The third kappa shape index (κ3) is 5.33. The van der Waals surface area contributed by atoms with E-state index in [-0.39, 0.29) is 10.8 Å². The van der Waals surface area contributed by atoms with E-state index in [2.05, 4.69) is 15.4 Å². The van der Waals surface area contributed by atoms with Crippen LogP contribution < -0.4 is 10.6 Å². The fourth-order valence-electron chi connectivity index (χ4n) is 2.48. The first-order chi connectivity index (χ1) is 13.6. The van der Waals surface area contributed by atoms with Gasteiger partial charge in [0.1, 0.15) is 6.04 Å². The first-order valence-corrected chi connectivity index (χ1v) is 10.3. The third-order valence-electron chi connectivity index (χ3n) is 4.33. The molecule has 0 spiro atoms. The quantitative estimate of drug-likeness (QED) is 0.668. The summed E-state index contributed by atoms with van der Waals surface area (Å²) in [5.41, 5.74) is 2.23. The van der Waals surface area contributed by atoms with Crippen LogP contribution in [0.5, 0.6) is 0 Å². The zero-order valence-electron chi connectivity index (χ0n) is 17.0. The van der Waals surface area contributed by atoms with Crippen molar-refractivity contribution < 1.29 is 22.7 Å². The highest BCUT2D eigenvalue weighted by atomic mass is 32.2. The van der Waals surface area contributed by atoms with Crippen LogP contribution >= 0.6 is 0 Å². The molecule has 0 aliphatic carbocycles. The Balaban J connectivity index is 2.12. The molecule has 1 atom stereocenters. The highest BCUT2D eigenvalue weighted by molar-refractivity contribution is 7.89. The van der Waals surface area contributed by atoms with E-state index in [1.54, 1.807) is 44.2 Å². The zero-order chi connectivity index (χ0) is 21.8. The maximum atomic E-state index is 12.6. The molecular formula is C20H25N3O5S. The minimum atomic E-state index is -3.61. The SMILES string of the molecule is COC(=O)c1ccc(N[C@H](C)C(=O)Nc2cc(S(=O)(=O)N(C)C)ccc2C)cc1. The van der Waals surface area contributed by atoms with Crippen LogP contribution in [0.15, 0.2) is 47.4 Å². The van der Waals surface area contributed by atoms with Crippen LogP contribution in [0.2, 0.25) is 0 Å². The number of aryl methyl sites for hydroxylation is 1. The van der Waals surface area contributed by atoms with E-state index in [9.17, 15) is 18.0 Å². The number of benzene rings is 2. The maximum Gasteiger partial charge on any atom is 0.337 e. The second-order valence-corrected chi connectivity index (χ2v) is 8.84. The molecule has 0 bridgehead atoms. The highest BCUT2D eigenvalue weighted by Crippen LogP contribution is 2.22. The summed E-state index contributed by atoms with van der Waals surface area (Å²) in [6, 6.07) is 10.5. The van der Waals surface area contributed by atoms with Crippen LogP contribution in [-0.4, -0.2) is 51.8 Å². The first-order valence-electron chi connectivity index (χ1n) is 8.85. The van der Waals surface area contributed by atoms with Gasteiger partial charge in [0.15, 0.2) is 0 Å². The highest BCUT2D eigenvalue weighted by Gasteiger charge is 2.20. The number of esters is 1. The molecule has 0 saturated heterocycles. The van der Waals surface area contributed by atoms with Crippen molar-refractivity contribution in [3.63, 3.8) is 0 Å². The number of carbonyl (C=O) groups is 2. The summed E-state index contributed by atoms with van der Waals surface area (Å²) in [6.07, 6.45) is 0. The van der Waals surface area contributed by atoms with Gasteiger partial charge in [0.25, 0.3) is 0 Å². The second-order valence-electron chi connectivity index (χ2n) is 6.69. The van der Waals surface area contributed by atoms with Crippen LogP contribution in [0.1, 0.15) is 22.8 Å². The minimum Gasteiger partial charge on any atom is -0.465 e. The smallest absolute Gasteiger partial charge is 0.337 e. The summed E-state index contributed by atoms with van der Waals surface area (Å²) in [6.45, 7) is 3.46. The van der Waals surface area contributed by atoms with Gasteiger partial charge in [0.2, 0.25) is 15.9 Å². The van der Waals surface area contributed by atoms with Gasteiger partial charge >= 0.3 is 5.97 Å². The number of hydrogen-bond acceptors (Lipinski definition) is 6. The molecule has 1 amide bonds. The number of hydrogen-bond donors (Lipinski definition) is 2. The van der Waals surface area contributed by atoms with Gasteiger partial charge in [-0.05, 0) is 55.8 Å². The summed E-state index contributed by atoms with van der Waals surface area (Å²) in [7, 11) is 0.600. The van der Waals surface area contributed by atoms with Crippen LogP contribution in [0, 0.1) is 6.92 Å². The summed E-state index contributed by atoms with van der Waals surface area (Å²) >= 11 is 0. The molecule has 0 saturated carbocycles. The Morgan fingerprint density at radius 3 is 2.24 bits per heavy atom. The Bertz CT molecular complexity index is 1000. The van der Waals surface area contributed by atoms with Gasteiger partial charge in [0, 0.05) is 25.5 Å². The first kappa shape index (κ1) is 22.4. The van der Waals surface area contributed by atoms with Gasteiger partial charge in [-0.1, -0.05) is 6.07 Å². The molecular weight excluding hydrogens is 394 g/mol. The number of sulfonamides is 1. The number of amides is 1. The van der Waals surface area contributed by atoms with E-state index >= 15 is 0 Å². The number of anilines is 2. The van der Waals surface area contributed by atoms with Gasteiger partial charge in [-0.15, -0.1) is 0 Å². The van der Waals surface area contributed by atoms with Crippen LogP contribution in [0.3, 0.4) is 0 Å².